The number of unbranched alkanes of at least 4 members (excludes halogenated alkanes) is 29. The lowest BCUT2D eigenvalue weighted by molar-refractivity contribution is -0.167. The van der Waals surface area contributed by atoms with E-state index in [-0.39, 0.29) is 31.1 Å². The summed E-state index contributed by atoms with van der Waals surface area (Å²) in [6.45, 7) is 6.58. The number of hydrogen-bond donors (Lipinski definition) is 0. The number of allylic oxidation sites excluding steroid dienone is 10. The first-order valence-corrected chi connectivity index (χ1v) is 27.8. The maximum atomic E-state index is 12.8. The quantitative estimate of drug-likeness (QED) is 0.0262. The van der Waals surface area contributed by atoms with Gasteiger partial charge in [-0.2, -0.15) is 0 Å². The lowest BCUT2D eigenvalue weighted by Crippen LogP contribution is -2.30. The van der Waals surface area contributed by atoms with Crippen molar-refractivity contribution in [1.29, 1.82) is 0 Å². The maximum Gasteiger partial charge on any atom is 0.306 e. The van der Waals surface area contributed by atoms with E-state index in [2.05, 4.69) is 81.5 Å². The molecular formula is C59H104O6. The van der Waals surface area contributed by atoms with Crippen LogP contribution in [0.5, 0.6) is 0 Å². The van der Waals surface area contributed by atoms with Crippen LogP contribution in [-0.4, -0.2) is 37.2 Å². The van der Waals surface area contributed by atoms with E-state index in [4.69, 9.17) is 14.2 Å². The first kappa shape index (κ1) is 62.1. The molecule has 6 nitrogen and oxygen atoms in total. The molecule has 0 bridgehead atoms. The van der Waals surface area contributed by atoms with Crippen LogP contribution in [0, 0.1) is 0 Å². The number of carbonyl (C=O) groups excluding carboxylic acids is 3. The van der Waals surface area contributed by atoms with Crippen LogP contribution in [0.1, 0.15) is 278 Å². The third-order valence-corrected chi connectivity index (χ3v) is 12.0. The Hall–Kier alpha value is -2.89. The molecule has 65 heavy (non-hydrogen) atoms. The van der Waals surface area contributed by atoms with E-state index in [0.717, 1.165) is 96.3 Å². The first-order valence-electron chi connectivity index (χ1n) is 27.8. The summed E-state index contributed by atoms with van der Waals surface area (Å²) in [7, 11) is 0. The van der Waals surface area contributed by atoms with Gasteiger partial charge in [-0.15, -0.1) is 0 Å². The van der Waals surface area contributed by atoms with Crippen molar-refractivity contribution in [3.05, 3.63) is 60.8 Å². The van der Waals surface area contributed by atoms with Crippen LogP contribution >= 0.6 is 0 Å². The third kappa shape index (κ3) is 51.9. The topological polar surface area (TPSA) is 78.9 Å². The molecule has 0 aromatic carbocycles. The predicted molar refractivity (Wildman–Crippen MR) is 279 cm³/mol. The van der Waals surface area contributed by atoms with Gasteiger partial charge < -0.3 is 14.2 Å². The minimum atomic E-state index is -0.786. The molecule has 0 radical (unpaired) electrons. The van der Waals surface area contributed by atoms with E-state index in [1.54, 1.807) is 0 Å². The number of ether oxygens (including phenoxy) is 3. The summed E-state index contributed by atoms with van der Waals surface area (Å²) in [6.07, 6.45) is 66.3. The molecule has 0 aromatic heterocycles. The highest BCUT2D eigenvalue weighted by molar-refractivity contribution is 5.71. The fourth-order valence-corrected chi connectivity index (χ4v) is 7.77. The molecule has 1 atom stereocenters. The van der Waals surface area contributed by atoms with Crippen molar-refractivity contribution < 1.29 is 28.6 Å². The highest BCUT2D eigenvalue weighted by Crippen LogP contribution is 2.15. The molecule has 0 rings (SSSR count). The molecule has 6 heteroatoms. The lowest BCUT2D eigenvalue weighted by atomic mass is 10.0. The van der Waals surface area contributed by atoms with E-state index in [9.17, 15) is 14.4 Å². The minimum Gasteiger partial charge on any atom is -0.462 e. The van der Waals surface area contributed by atoms with Gasteiger partial charge in [0.25, 0.3) is 0 Å². The van der Waals surface area contributed by atoms with Crippen molar-refractivity contribution >= 4 is 17.9 Å². The Morgan fingerprint density at radius 3 is 0.892 bits per heavy atom. The van der Waals surface area contributed by atoms with Gasteiger partial charge in [0.1, 0.15) is 13.2 Å². The normalized spacial score (nSPS) is 12.5. The Balaban J connectivity index is 4.42. The van der Waals surface area contributed by atoms with Crippen LogP contribution in [0.25, 0.3) is 0 Å². The van der Waals surface area contributed by atoms with Gasteiger partial charge in [-0.3, -0.25) is 14.4 Å². The highest BCUT2D eigenvalue weighted by Gasteiger charge is 2.19. The van der Waals surface area contributed by atoms with Gasteiger partial charge in [0.15, 0.2) is 6.10 Å². The molecule has 0 saturated carbocycles. The SMILES string of the molecule is CCCCC/C=C\C/C=C\C/C=C\CCCCCCC(=O)OC[C@H](COC(=O)CCCCCCCCCCCCCCC)OC(=O)CCCCCCCCC/C=C\C/C=C\CCCCC. The maximum absolute atomic E-state index is 12.8. The molecule has 0 N–H and O–H groups in total. The Bertz CT molecular complexity index is 1180. The summed E-state index contributed by atoms with van der Waals surface area (Å²) < 4.78 is 16.8. The number of rotatable bonds is 50. The van der Waals surface area contributed by atoms with Crippen molar-refractivity contribution in [2.24, 2.45) is 0 Å². The Labute approximate surface area is 402 Å². The summed E-state index contributed by atoms with van der Waals surface area (Å²) in [4.78, 5) is 38.1. The van der Waals surface area contributed by atoms with Crippen molar-refractivity contribution in [3.8, 4) is 0 Å². The molecule has 0 unspecified atom stereocenters. The average Bonchev–Trinajstić information content (AvgIpc) is 3.30. The highest BCUT2D eigenvalue weighted by atomic mass is 16.6. The molecule has 0 amide bonds. The van der Waals surface area contributed by atoms with Crippen LogP contribution in [0.4, 0.5) is 0 Å². The fraction of sp³-hybridized carbons (Fsp3) is 0.780. The second-order valence-electron chi connectivity index (χ2n) is 18.5. The summed E-state index contributed by atoms with van der Waals surface area (Å²) in [5.74, 6) is -0.904. The van der Waals surface area contributed by atoms with Gasteiger partial charge in [0.2, 0.25) is 0 Å². The molecule has 376 valence electrons. The second kappa shape index (κ2) is 53.7. The van der Waals surface area contributed by atoms with Gasteiger partial charge in [-0.1, -0.05) is 229 Å². The molecular weight excluding hydrogens is 805 g/mol. The van der Waals surface area contributed by atoms with Crippen molar-refractivity contribution in [1.82, 2.24) is 0 Å². The molecule has 0 aliphatic rings. The van der Waals surface area contributed by atoms with E-state index >= 15 is 0 Å². The predicted octanol–water partition coefficient (Wildman–Crippen LogP) is 18.4. The summed E-state index contributed by atoms with van der Waals surface area (Å²) >= 11 is 0. The number of esters is 3. The lowest BCUT2D eigenvalue weighted by Gasteiger charge is -2.18. The van der Waals surface area contributed by atoms with Gasteiger partial charge in [0.05, 0.1) is 0 Å². The second-order valence-corrected chi connectivity index (χ2v) is 18.5. The molecule has 0 saturated heterocycles. The van der Waals surface area contributed by atoms with Gasteiger partial charge >= 0.3 is 17.9 Å². The van der Waals surface area contributed by atoms with Crippen molar-refractivity contribution in [3.63, 3.8) is 0 Å². The van der Waals surface area contributed by atoms with Gasteiger partial charge in [-0.25, -0.2) is 0 Å². The van der Waals surface area contributed by atoms with E-state index < -0.39 is 6.10 Å². The van der Waals surface area contributed by atoms with Crippen LogP contribution in [0.3, 0.4) is 0 Å². The zero-order valence-electron chi connectivity index (χ0n) is 43.0. The number of carbonyl (C=O) groups is 3. The first-order chi connectivity index (χ1) is 32.0. The minimum absolute atomic E-state index is 0.0826. The standard InChI is InChI=1S/C59H104O6/c1-4-7-10-13-16-19-22-25-27-29-31-34-37-40-43-46-49-52-58(61)64-55-56(54-63-57(60)51-48-45-42-39-36-33-24-21-18-15-12-9-6-3)65-59(62)53-50-47-44-41-38-35-32-30-28-26-23-20-17-14-11-8-5-2/h16-17,19-20,25-28,31,34,56H,4-15,18,21-24,29-30,32-33,35-55H2,1-3H3/b19-16-,20-17-,27-25-,28-26-,34-31-/t56-/m0/s1. The zero-order chi connectivity index (χ0) is 47.2. The van der Waals surface area contributed by atoms with E-state index in [1.807, 2.05) is 0 Å². The summed E-state index contributed by atoms with van der Waals surface area (Å²) in [5, 5.41) is 0. The Kier molecular flexibility index (Phi) is 51.3. The van der Waals surface area contributed by atoms with E-state index in [0.29, 0.717) is 19.3 Å². The van der Waals surface area contributed by atoms with Crippen LogP contribution < -0.4 is 0 Å². The molecule has 0 aliphatic carbocycles. The average molecular weight is 909 g/mol. The van der Waals surface area contributed by atoms with Crippen LogP contribution in [-0.2, 0) is 28.6 Å². The zero-order valence-corrected chi connectivity index (χ0v) is 43.0. The monoisotopic (exact) mass is 909 g/mol. The third-order valence-electron chi connectivity index (χ3n) is 12.0. The number of hydrogen-bond acceptors (Lipinski definition) is 6. The van der Waals surface area contributed by atoms with Crippen molar-refractivity contribution in [2.75, 3.05) is 13.2 Å². The van der Waals surface area contributed by atoms with Crippen LogP contribution in [0.2, 0.25) is 0 Å². The largest absolute Gasteiger partial charge is 0.462 e. The molecule has 0 heterocycles. The van der Waals surface area contributed by atoms with E-state index in [1.165, 1.54) is 141 Å². The van der Waals surface area contributed by atoms with Crippen LogP contribution in [0.15, 0.2) is 60.8 Å². The fourth-order valence-electron chi connectivity index (χ4n) is 7.77. The Morgan fingerprint density at radius 2 is 0.554 bits per heavy atom. The molecule has 0 aliphatic heterocycles. The van der Waals surface area contributed by atoms with Gasteiger partial charge in [-0.05, 0) is 89.9 Å². The summed E-state index contributed by atoms with van der Waals surface area (Å²) in [5.41, 5.74) is 0. The Morgan fingerprint density at radius 1 is 0.308 bits per heavy atom. The smallest absolute Gasteiger partial charge is 0.306 e. The molecule has 0 fully saturated rings. The molecule has 0 aromatic rings. The summed E-state index contributed by atoms with van der Waals surface area (Å²) in [6, 6.07) is 0. The van der Waals surface area contributed by atoms with Crippen molar-refractivity contribution in [2.45, 2.75) is 284 Å². The molecule has 0 spiro atoms. The van der Waals surface area contributed by atoms with Gasteiger partial charge in [0, 0.05) is 19.3 Å².